The molecule has 0 aliphatic rings. The van der Waals surface area contributed by atoms with Gasteiger partial charge in [-0.05, 0) is 6.07 Å². The van der Waals surface area contributed by atoms with Crippen LogP contribution in [0.5, 0.6) is 0 Å². The van der Waals surface area contributed by atoms with Crippen molar-refractivity contribution < 1.29 is 14.4 Å². The molecular formula is C11H15FN4O2. The summed E-state index contributed by atoms with van der Waals surface area (Å²) in [4.78, 5) is 16.8. The number of carbonyl (C=O) groups is 1. The molecule has 0 saturated carbocycles. The van der Waals surface area contributed by atoms with E-state index in [4.69, 9.17) is 10.9 Å². The fourth-order valence-corrected chi connectivity index (χ4v) is 1.44. The third-order valence-corrected chi connectivity index (χ3v) is 2.52. The summed E-state index contributed by atoms with van der Waals surface area (Å²) >= 11 is 0. The summed E-state index contributed by atoms with van der Waals surface area (Å²) in [5.41, 5.74) is 5.36. The lowest BCUT2D eigenvalue weighted by Gasteiger charge is -2.21. The molecule has 6 nitrogen and oxygen atoms in total. The molecule has 1 aromatic rings. The maximum atomic E-state index is 13.4. The summed E-state index contributed by atoms with van der Waals surface area (Å²) in [6.45, 7) is 1.91. The average molecular weight is 254 g/mol. The highest BCUT2D eigenvalue weighted by Gasteiger charge is 2.19. The van der Waals surface area contributed by atoms with Gasteiger partial charge in [0.05, 0.1) is 11.8 Å². The van der Waals surface area contributed by atoms with Gasteiger partial charge in [0.2, 0.25) is 0 Å². The van der Waals surface area contributed by atoms with Crippen molar-refractivity contribution in [1.82, 2.24) is 9.88 Å². The van der Waals surface area contributed by atoms with Crippen LogP contribution in [-0.4, -0.2) is 40.4 Å². The molecule has 1 heterocycles. The number of halogens is 1. The largest absolute Gasteiger partial charge is 0.409 e. The van der Waals surface area contributed by atoms with E-state index in [2.05, 4.69) is 10.1 Å². The van der Waals surface area contributed by atoms with Crippen LogP contribution < -0.4 is 5.73 Å². The fourth-order valence-electron chi connectivity index (χ4n) is 1.44. The zero-order valence-corrected chi connectivity index (χ0v) is 10.2. The Morgan fingerprint density at radius 1 is 1.72 bits per heavy atom. The molecule has 0 aromatic carbocycles. The molecule has 1 atom stereocenters. The minimum atomic E-state index is -0.675. The summed E-state index contributed by atoms with van der Waals surface area (Å²) in [5, 5.41) is 11.4. The molecule has 0 radical (unpaired) electrons. The number of amides is 1. The number of aromatic nitrogens is 1. The fraction of sp³-hybridized carbons (Fsp3) is 0.364. The number of nitrogens with two attached hydrogens (primary N) is 1. The van der Waals surface area contributed by atoms with Crippen molar-refractivity contribution in [3.63, 3.8) is 0 Å². The smallest absolute Gasteiger partial charge is 0.256 e. The van der Waals surface area contributed by atoms with Crippen LogP contribution in [-0.2, 0) is 0 Å². The second-order valence-electron chi connectivity index (χ2n) is 3.97. The lowest BCUT2D eigenvalue weighted by Crippen LogP contribution is -2.36. The van der Waals surface area contributed by atoms with Crippen LogP contribution in [0.4, 0.5) is 4.39 Å². The lowest BCUT2D eigenvalue weighted by molar-refractivity contribution is 0.0781. The number of pyridine rings is 1. The van der Waals surface area contributed by atoms with Crippen molar-refractivity contribution in [2.45, 2.75) is 6.92 Å². The van der Waals surface area contributed by atoms with Gasteiger partial charge in [-0.1, -0.05) is 12.1 Å². The summed E-state index contributed by atoms with van der Waals surface area (Å²) in [6.07, 6.45) is 2.32. The molecule has 1 unspecified atom stereocenters. The Kier molecular flexibility index (Phi) is 4.59. The van der Waals surface area contributed by atoms with Crippen LogP contribution in [0, 0.1) is 11.7 Å². The minimum absolute atomic E-state index is 0.0184. The molecule has 1 aromatic heterocycles. The maximum absolute atomic E-state index is 13.4. The monoisotopic (exact) mass is 254 g/mol. The zero-order chi connectivity index (χ0) is 13.7. The van der Waals surface area contributed by atoms with Crippen LogP contribution in [0.2, 0.25) is 0 Å². The third-order valence-electron chi connectivity index (χ3n) is 2.52. The number of oxime groups is 1. The van der Waals surface area contributed by atoms with Gasteiger partial charge < -0.3 is 15.8 Å². The molecule has 0 spiro atoms. The molecular weight excluding hydrogens is 239 g/mol. The molecule has 0 bridgehead atoms. The molecule has 1 rings (SSSR count). The molecule has 7 heteroatoms. The predicted molar refractivity (Wildman–Crippen MR) is 63.7 cm³/mol. The quantitative estimate of drug-likeness (QED) is 0.357. The Bertz CT molecular complexity index is 464. The van der Waals surface area contributed by atoms with Gasteiger partial charge in [-0.15, -0.1) is 0 Å². The highest BCUT2D eigenvalue weighted by atomic mass is 19.1. The SMILES string of the molecule is CC(CN(C)C(=O)c1ccncc1F)C(N)=NO. The Morgan fingerprint density at radius 2 is 2.39 bits per heavy atom. The zero-order valence-electron chi connectivity index (χ0n) is 10.2. The second-order valence-corrected chi connectivity index (χ2v) is 3.97. The van der Waals surface area contributed by atoms with Gasteiger partial charge in [0.25, 0.3) is 5.91 Å². The van der Waals surface area contributed by atoms with Gasteiger partial charge in [-0.25, -0.2) is 4.39 Å². The number of amidine groups is 1. The average Bonchev–Trinajstić information content (AvgIpc) is 2.37. The number of rotatable bonds is 4. The summed E-state index contributed by atoms with van der Waals surface area (Å²) in [6, 6.07) is 1.31. The lowest BCUT2D eigenvalue weighted by atomic mass is 10.1. The first-order valence-electron chi connectivity index (χ1n) is 5.29. The van der Waals surface area contributed by atoms with Crippen molar-refractivity contribution in [2.75, 3.05) is 13.6 Å². The van der Waals surface area contributed by atoms with E-state index < -0.39 is 11.7 Å². The van der Waals surface area contributed by atoms with Gasteiger partial charge in [0.15, 0.2) is 5.82 Å². The van der Waals surface area contributed by atoms with E-state index in [0.29, 0.717) is 0 Å². The van der Waals surface area contributed by atoms with Crippen molar-refractivity contribution in [3.8, 4) is 0 Å². The van der Waals surface area contributed by atoms with Crippen molar-refractivity contribution in [1.29, 1.82) is 0 Å². The van der Waals surface area contributed by atoms with E-state index in [-0.39, 0.29) is 23.9 Å². The molecule has 0 aliphatic carbocycles. The molecule has 0 fully saturated rings. The van der Waals surface area contributed by atoms with E-state index in [1.807, 2.05) is 0 Å². The standard InChI is InChI=1S/C11H15FN4O2/c1-7(10(13)15-18)6-16(2)11(17)8-3-4-14-5-9(8)12/h3-5,7,18H,6H2,1-2H3,(H2,13,15). The summed E-state index contributed by atoms with van der Waals surface area (Å²) < 4.78 is 13.4. The first-order chi connectivity index (χ1) is 8.47. The molecule has 18 heavy (non-hydrogen) atoms. The molecule has 98 valence electrons. The van der Waals surface area contributed by atoms with E-state index >= 15 is 0 Å². The van der Waals surface area contributed by atoms with E-state index in [1.165, 1.54) is 24.2 Å². The number of nitrogens with zero attached hydrogens (tertiary/aromatic N) is 3. The molecule has 3 N–H and O–H groups in total. The summed E-state index contributed by atoms with van der Waals surface area (Å²) in [7, 11) is 1.52. The van der Waals surface area contributed by atoms with Gasteiger partial charge in [-0.2, -0.15) is 0 Å². The van der Waals surface area contributed by atoms with Gasteiger partial charge in [0, 0.05) is 25.7 Å². The van der Waals surface area contributed by atoms with Crippen LogP contribution >= 0.6 is 0 Å². The highest BCUT2D eigenvalue weighted by Crippen LogP contribution is 2.09. The van der Waals surface area contributed by atoms with Crippen LogP contribution in [0.1, 0.15) is 17.3 Å². The molecule has 0 saturated heterocycles. The minimum Gasteiger partial charge on any atom is -0.409 e. The van der Waals surface area contributed by atoms with Crippen molar-refractivity contribution in [3.05, 3.63) is 29.8 Å². The highest BCUT2D eigenvalue weighted by molar-refractivity contribution is 5.94. The van der Waals surface area contributed by atoms with E-state index in [9.17, 15) is 9.18 Å². The third kappa shape index (κ3) is 3.16. The van der Waals surface area contributed by atoms with Crippen molar-refractivity contribution in [2.24, 2.45) is 16.8 Å². The Balaban J connectivity index is 2.77. The second kappa shape index (κ2) is 5.95. The van der Waals surface area contributed by atoms with E-state index in [0.717, 1.165) is 6.20 Å². The number of hydrogen-bond acceptors (Lipinski definition) is 4. The normalized spacial score (nSPS) is 13.2. The number of carbonyl (C=O) groups excluding carboxylic acids is 1. The van der Waals surface area contributed by atoms with E-state index in [1.54, 1.807) is 6.92 Å². The van der Waals surface area contributed by atoms with Gasteiger partial charge in [-0.3, -0.25) is 9.78 Å². The first kappa shape index (κ1) is 13.9. The number of hydrogen-bond donors (Lipinski definition) is 2. The first-order valence-corrected chi connectivity index (χ1v) is 5.29. The van der Waals surface area contributed by atoms with Crippen LogP contribution in [0.3, 0.4) is 0 Å². The molecule has 1 amide bonds. The van der Waals surface area contributed by atoms with Crippen molar-refractivity contribution >= 4 is 11.7 Å². The predicted octanol–water partition coefficient (Wildman–Crippen LogP) is 0.675. The Labute approximate surface area is 104 Å². The van der Waals surface area contributed by atoms with Crippen LogP contribution in [0.25, 0.3) is 0 Å². The van der Waals surface area contributed by atoms with Gasteiger partial charge >= 0.3 is 0 Å². The topological polar surface area (TPSA) is 91.8 Å². The Hall–Kier alpha value is -2.18. The summed E-state index contributed by atoms with van der Waals surface area (Å²) in [5.74, 6) is -1.46. The van der Waals surface area contributed by atoms with Crippen LogP contribution in [0.15, 0.2) is 23.6 Å². The maximum Gasteiger partial charge on any atom is 0.256 e. The van der Waals surface area contributed by atoms with Gasteiger partial charge in [0.1, 0.15) is 5.84 Å². The molecule has 0 aliphatic heterocycles. The Morgan fingerprint density at radius 3 is 2.94 bits per heavy atom.